The van der Waals surface area contributed by atoms with Gasteiger partial charge in [-0.1, -0.05) is 0 Å². The predicted molar refractivity (Wildman–Crippen MR) is 78.3 cm³/mol. The van der Waals surface area contributed by atoms with Crippen molar-refractivity contribution >= 4 is 12.6 Å². The molecule has 0 amide bonds. The molecule has 0 unspecified atom stereocenters. The fourth-order valence-electron chi connectivity index (χ4n) is 2.21. The molecular weight excluding hydrogens is 253 g/mol. The van der Waals surface area contributed by atoms with Gasteiger partial charge in [0.05, 0.1) is 23.5 Å². The second-order valence-corrected chi connectivity index (χ2v) is 6.76. The number of rotatable bonds is 3. The Morgan fingerprint density at radius 3 is 2.30 bits per heavy atom. The molecule has 1 aliphatic carbocycles. The van der Waals surface area contributed by atoms with Gasteiger partial charge in [0, 0.05) is 11.7 Å². The van der Waals surface area contributed by atoms with Crippen LogP contribution in [-0.2, 0) is 9.31 Å². The van der Waals surface area contributed by atoms with Gasteiger partial charge < -0.3 is 14.0 Å². The lowest BCUT2D eigenvalue weighted by Crippen LogP contribution is -2.41. The molecule has 1 aliphatic heterocycles. The van der Waals surface area contributed by atoms with Gasteiger partial charge >= 0.3 is 7.12 Å². The summed E-state index contributed by atoms with van der Waals surface area (Å²) in [5, 5.41) is 0. The third kappa shape index (κ3) is 2.33. The highest BCUT2D eigenvalue weighted by Crippen LogP contribution is 2.37. The Labute approximate surface area is 121 Å². The Morgan fingerprint density at radius 1 is 1.15 bits per heavy atom. The van der Waals surface area contributed by atoms with Crippen LogP contribution in [0.3, 0.4) is 0 Å². The van der Waals surface area contributed by atoms with E-state index in [2.05, 4.69) is 32.7 Å². The molecule has 2 fully saturated rings. The van der Waals surface area contributed by atoms with Gasteiger partial charge in [0.1, 0.15) is 5.75 Å². The van der Waals surface area contributed by atoms with E-state index in [0.717, 1.165) is 29.6 Å². The fourth-order valence-corrected chi connectivity index (χ4v) is 2.21. The fraction of sp³-hybridized carbons (Fsp3) is 0.667. The molecule has 0 radical (unpaired) electrons. The molecule has 3 rings (SSSR count). The zero-order valence-electron chi connectivity index (χ0n) is 12.9. The van der Waals surface area contributed by atoms with Gasteiger partial charge in [-0.15, -0.1) is 0 Å². The Balaban J connectivity index is 1.87. The van der Waals surface area contributed by atoms with Gasteiger partial charge in [-0.05, 0) is 53.0 Å². The maximum Gasteiger partial charge on any atom is 0.496 e. The summed E-state index contributed by atoms with van der Waals surface area (Å²) >= 11 is 0. The van der Waals surface area contributed by atoms with Crippen LogP contribution in [0.1, 0.15) is 46.1 Å². The van der Waals surface area contributed by atoms with E-state index in [9.17, 15) is 0 Å². The Hall–Kier alpha value is -1.07. The summed E-state index contributed by atoms with van der Waals surface area (Å²) in [6.07, 6.45) is 6.24. The summed E-state index contributed by atoms with van der Waals surface area (Å²) in [7, 11) is -0.379. The Morgan fingerprint density at radius 2 is 1.75 bits per heavy atom. The Bertz CT molecular complexity index is 510. The van der Waals surface area contributed by atoms with E-state index in [1.54, 1.807) is 6.20 Å². The van der Waals surface area contributed by atoms with Crippen LogP contribution < -0.4 is 10.2 Å². The molecule has 2 aliphatic rings. The zero-order valence-corrected chi connectivity index (χ0v) is 12.9. The van der Waals surface area contributed by atoms with Gasteiger partial charge in [-0.25, -0.2) is 0 Å². The van der Waals surface area contributed by atoms with Crippen molar-refractivity contribution in [3.63, 3.8) is 0 Å². The van der Waals surface area contributed by atoms with Crippen molar-refractivity contribution in [3.05, 3.63) is 18.0 Å². The first-order valence-electron chi connectivity index (χ1n) is 7.27. The maximum absolute atomic E-state index is 6.09. The maximum atomic E-state index is 6.09. The normalized spacial score (nSPS) is 23.9. The molecule has 5 heteroatoms. The number of hydrogen-bond donors (Lipinski definition) is 0. The minimum Gasteiger partial charge on any atom is -0.489 e. The number of hydrogen-bond acceptors (Lipinski definition) is 4. The Kier molecular flexibility index (Phi) is 3.10. The van der Waals surface area contributed by atoms with Gasteiger partial charge in [-0.3, -0.25) is 4.98 Å². The molecule has 0 N–H and O–H groups in total. The average Bonchev–Trinajstić information content (AvgIpc) is 3.10. The van der Waals surface area contributed by atoms with Crippen molar-refractivity contribution in [2.45, 2.75) is 64.8 Å². The topological polar surface area (TPSA) is 40.6 Å². The van der Waals surface area contributed by atoms with Crippen molar-refractivity contribution in [2.24, 2.45) is 0 Å². The first kappa shape index (κ1) is 13.9. The van der Waals surface area contributed by atoms with E-state index in [1.807, 2.05) is 13.1 Å². The van der Waals surface area contributed by atoms with E-state index in [1.165, 1.54) is 0 Å². The number of pyridine rings is 1. The first-order chi connectivity index (χ1) is 9.30. The highest BCUT2D eigenvalue weighted by molar-refractivity contribution is 6.62. The lowest BCUT2D eigenvalue weighted by atomic mass is 9.77. The van der Waals surface area contributed by atoms with Crippen LogP contribution >= 0.6 is 0 Å². The van der Waals surface area contributed by atoms with Gasteiger partial charge in [0.15, 0.2) is 0 Å². The number of nitrogens with zero attached hydrogens (tertiary/aromatic N) is 1. The van der Waals surface area contributed by atoms with E-state index in [-0.39, 0.29) is 18.3 Å². The highest BCUT2D eigenvalue weighted by atomic mass is 16.7. The molecular formula is C15H22BNO3. The van der Waals surface area contributed by atoms with E-state index in [0.29, 0.717) is 6.10 Å². The molecule has 0 aromatic carbocycles. The van der Waals surface area contributed by atoms with Crippen LogP contribution in [0.2, 0.25) is 0 Å². The highest BCUT2D eigenvalue weighted by Gasteiger charge is 2.52. The molecule has 20 heavy (non-hydrogen) atoms. The monoisotopic (exact) mass is 275 g/mol. The van der Waals surface area contributed by atoms with Crippen LogP contribution in [-0.4, -0.2) is 29.4 Å². The minimum absolute atomic E-state index is 0.336. The third-order valence-electron chi connectivity index (χ3n) is 4.53. The molecule has 1 aromatic heterocycles. The van der Waals surface area contributed by atoms with Crippen molar-refractivity contribution in [1.82, 2.24) is 4.98 Å². The third-order valence-corrected chi connectivity index (χ3v) is 4.53. The molecule has 0 atom stereocenters. The quantitative estimate of drug-likeness (QED) is 0.793. The van der Waals surface area contributed by atoms with Crippen LogP contribution in [0, 0.1) is 6.92 Å². The second-order valence-electron chi connectivity index (χ2n) is 6.76. The van der Waals surface area contributed by atoms with Crippen molar-refractivity contribution in [1.29, 1.82) is 0 Å². The van der Waals surface area contributed by atoms with Crippen LogP contribution in [0.15, 0.2) is 12.4 Å². The summed E-state index contributed by atoms with van der Waals surface area (Å²) < 4.78 is 18.1. The van der Waals surface area contributed by atoms with Crippen LogP contribution in [0.25, 0.3) is 0 Å². The molecule has 1 aromatic rings. The summed E-state index contributed by atoms with van der Waals surface area (Å²) in [5.74, 6) is 0.847. The van der Waals surface area contributed by atoms with Crippen LogP contribution in [0.4, 0.5) is 0 Å². The molecule has 0 bridgehead atoms. The van der Waals surface area contributed by atoms with E-state index in [4.69, 9.17) is 14.0 Å². The van der Waals surface area contributed by atoms with E-state index < -0.39 is 0 Å². The molecule has 108 valence electrons. The summed E-state index contributed by atoms with van der Waals surface area (Å²) in [6, 6.07) is 0. The first-order valence-corrected chi connectivity index (χ1v) is 7.27. The van der Waals surface area contributed by atoms with Gasteiger partial charge in [0.2, 0.25) is 0 Å². The van der Waals surface area contributed by atoms with Gasteiger partial charge in [-0.2, -0.15) is 0 Å². The van der Waals surface area contributed by atoms with Crippen molar-refractivity contribution in [3.8, 4) is 5.75 Å². The van der Waals surface area contributed by atoms with Crippen LogP contribution in [0.5, 0.6) is 5.75 Å². The average molecular weight is 275 g/mol. The largest absolute Gasteiger partial charge is 0.496 e. The van der Waals surface area contributed by atoms with Crippen molar-refractivity contribution < 1.29 is 14.0 Å². The predicted octanol–water partition coefficient (Wildman–Crippen LogP) is 2.23. The van der Waals surface area contributed by atoms with Crippen molar-refractivity contribution in [2.75, 3.05) is 0 Å². The summed E-state index contributed by atoms with van der Waals surface area (Å²) in [5.41, 5.74) is 1.35. The standard InChI is InChI=1S/C15H22BNO3/c1-10-12(8-17-9-13(10)18-11-6-7-11)16-19-14(2,3)15(4,5)20-16/h8-9,11H,6-7H2,1-5H3. The number of ether oxygens (including phenoxy) is 1. The lowest BCUT2D eigenvalue weighted by molar-refractivity contribution is 0.00578. The molecule has 0 spiro atoms. The van der Waals surface area contributed by atoms with E-state index >= 15 is 0 Å². The second kappa shape index (κ2) is 4.47. The molecule has 1 saturated carbocycles. The lowest BCUT2D eigenvalue weighted by Gasteiger charge is -2.32. The summed E-state index contributed by atoms with van der Waals surface area (Å²) in [4.78, 5) is 4.28. The number of aromatic nitrogens is 1. The molecule has 2 heterocycles. The smallest absolute Gasteiger partial charge is 0.489 e. The zero-order chi connectivity index (χ0) is 14.5. The molecule has 4 nitrogen and oxygen atoms in total. The van der Waals surface area contributed by atoms with Gasteiger partial charge in [0.25, 0.3) is 0 Å². The minimum atomic E-state index is -0.379. The molecule has 1 saturated heterocycles. The summed E-state index contributed by atoms with van der Waals surface area (Å²) in [6.45, 7) is 10.3. The SMILES string of the molecule is Cc1c(OC2CC2)cncc1B1OC(C)(C)C(C)(C)O1.